The van der Waals surface area contributed by atoms with Crippen molar-refractivity contribution in [2.75, 3.05) is 6.54 Å². The minimum atomic E-state index is -0.939. The smallest absolute Gasteiger partial charge is 0.305 e. The van der Waals surface area contributed by atoms with Gasteiger partial charge in [0.1, 0.15) is 0 Å². The first-order valence-corrected chi connectivity index (χ1v) is 6.28. The molecule has 0 radical (unpaired) electrons. The normalized spacial score (nSPS) is 12.2. The number of hydrogen-bond donors (Lipinski definition) is 3. The molecule has 0 aliphatic carbocycles. The summed E-state index contributed by atoms with van der Waals surface area (Å²) in [6.07, 6.45) is -0.128. The Hall–Kier alpha value is -1.88. The largest absolute Gasteiger partial charge is 0.481 e. The fraction of sp³-hybridized carbons (Fsp3) is 0.429. The minimum absolute atomic E-state index is 0.128. The third-order valence-corrected chi connectivity index (χ3v) is 2.59. The van der Waals surface area contributed by atoms with Gasteiger partial charge in [0.05, 0.1) is 19.0 Å². The fourth-order valence-electron chi connectivity index (χ4n) is 1.65. The topological polar surface area (TPSA) is 78.4 Å². The number of carbonyl (C=O) groups excluding carboxylic acids is 1. The SMILES string of the molecule is CC(C)NCC(=O)NC(CC(=O)O)c1ccccc1. The molecule has 0 saturated heterocycles. The van der Waals surface area contributed by atoms with Gasteiger partial charge in [-0.25, -0.2) is 0 Å². The molecule has 0 aromatic heterocycles. The van der Waals surface area contributed by atoms with Crippen molar-refractivity contribution in [3.8, 4) is 0 Å². The van der Waals surface area contributed by atoms with Gasteiger partial charge < -0.3 is 15.7 Å². The van der Waals surface area contributed by atoms with E-state index < -0.39 is 12.0 Å². The number of aliphatic carboxylic acids is 1. The zero-order valence-corrected chi connectivity index (χ0v) is 11.2. The van der Waals surface area contributed by atoms with Crippen molar-refractivity contribution in [1.82, 2.24) is 10.6 Å². The number of hydrogen-bond acceptors (Lipinski definition) is 3. The Morgan fingerprint density at radius 3 is 2.37 bits per heavy atom. The Morgan fingerprint density at radius 2 is 1.84 bits per heavy atom. The van der Waals surface area contributed by atoms with Crippen LogP contribution in [0.1, 0.15) is 31.9 Å². The number of carboxylic acid groups (broad SMARTS) is 1. The molecule has 0 spiro atoms. The summed E-state index contributed by atoms with van der Waals surface area (Å²) in [6, 6.07) is 8.82. The summed E-state index contributed by atoms with van der Waals surface area (Å²) < 4.78 is 0. The second kappa shape index (κ2) is 7.53. The Bertz CT molecular complexity index is 418. The van der Waals surface area contributed by atoms with Crippen molar-refractivity contribution < 1.29 is 14.7 Å². The van der Waals surface area contributed by atoms with Crippen molar-refractivity contribution in [3.63, 3.8) is 0 Å². The molecule has 0 fully saturated rings. The minimum Gasteiger partial charge on any atom is -0.481 e. The Labute approximate surface area is 113 Å². The number of carbonyl (C=O) groups is 2. The van der Waals surface area contributed by atoms with E-state index in [1.165, 1.54) is 0 Å². The van der Waals surface area contributed by atoms with E-state index in [9.17, 15) is 9.59 Å². The van der Waals surface area contributed by atoms with Crippen LogP contribution in [0.2, 0.25) is 0 Å². The van der Waals surface area contributed by atoms with E-state index in [4.69, 9.17) is 5.11 Å². The molecule has 1 aromatic rings. The molecule has 0 saturated carbocycles. The third-order valence-electron chi connectivity index (χ3n) is 2.59. The number of nitrogens with one attached hydrogen (secondary N) is 2. The van der Waals surface area contributed by atoms with Gasteiger partial charge in [0, 0.05) is 6.04 Å². The van der Waals surface area contributed by atoms with Gasteiger partial charge >= 0.3 is 5.97 Å². The second-order valence-corrected chi connectivity index (χ2v) is 4.66. The van der Waals surface area contributed by atoms with E-state index in [1.54, 1.807) is 0 Å². The average Bonchev–Trinajstić information content (AvgIpc) is 2.36. The maximum atomic E-state index is 11.7. The first-order valence-electron chi connectivity index (χ1n) is 6.28. The van der Waals surface area contributed by atoms with Crippen LogP contribution in [-0.4, -0.2) is 29.6 Å². The van der Waals surface area contributed by atoms with Gasteiger partial charge in [-0.3, -0.25) is 9.59 Å². The van der Waals surface area contributed by atoms with Gasteiger partial charge in [0.2, 0.25) is 5.91 Å². The molecule has 3 N–H and O–H groups in total. The van der Waals surface area contributed by atoms with Crippen LogP contribution >= 0.6 is 0 Å². The zero-order chi connectivity index (χ0) is 14.3. The first kappa shape index (κ1) is 15.2. The van der Waals surface area contributed by atoms with Crippen LogP contribution in [0.25, 0.3) is 0 Å². The lowest BCUT2D eigenvalue weighted by Crippen LogP contribution is -2.39. The molecule has 104 valence electrons. The van der Waals surface area contributed by atoms with Crippen LogP contribution in [0.3, 0.4) is 0 Å². The predicted molar refractivity (Wildman–Crippen MR) is 72.7 cm³/mol. The zero-order valence-electron chi connectivity index (χ0n) is 11.2. The van der Waals surface area contributed by atoms with Crippen LogP contribution in [0.5, 0.6) is 0 Å². The molecule has 0 aliphatic heterocycles. The van der Waals surface area contributed by atoms with E-state index in [2.05, 4.69) is 10.6 Å². The molecule has 1 aromatic carbocycles. The van der Waals surface area contributed by atoms with E-state index in [1.807, 2.05) is 44.2 Å². The van der Waals surface area contributed by atoms with Crippen molar-refractivity contribution in [1.29, 1.82) is 0 Å². The summed E-state index contributed by atoms with van der Waals surface area (Å²) in [5.74, 6) is -1.14. The highest BCUT2D eigenvalue weighted by Crippen LogP contribution is 2.16. The van der Waals surface area contributed by atoms with E-state index in [0.29, 0.717) is 0 Å². The third kappa shape index (κ3) is 6.01. The van der Waals surface area contributed by atoms with Gasteiger partial charge in [0.25, 0.3) is 0 Å². The van der Waals surface area contributed by atoms with E-state index >= 15 is 0 Å². The van der Waals surface area contributed by atoms with Crippen LogP contribution in [-0.2, 0) is 9.59 Å². The van der Waals surface area contributed by atoms with E-state index in [-0.39, 0.29) is 24.9 Å². The van der Waals surface area contributed by atoms with Gasteiger partial charge in [-0.2, -0.15) is 0 Å². The highest BCUT2D eigenvalue weighted by Gasteiger charge is 2.17. The van der Waals surface area contributed by atoms with Gasteiger partial charge in [-0.05, 0) is 5.56 Å². The summed E-state index contributed by atoms with van der Waals surface area (Å²) in [6.45, 7) is 4.07. The predicted octanol–water partition coefficient (Wildman–Crippen LogP) is 1.32. The number of amides is 1. The summed E-state index contributed by atoms with van der Waals surface area (Å²) in [5, 5.41) is 14.6. The van der Waals surface area contributed by atoms with Crippen LogP contribution in [0, 0.1) is 0 Å². The maximum absolute atomic E-state index is 11.7. The van der Waals surface area contributed by atoms with Crippen molar-refractivity contribution in [2.24, 2.45) is 0 Å². The molecule has 19 heavy (non-hydrogen) atoms. The van der Waals surface area contributed by atoms with Crippen LogP contribution in [0.4, 0.5) is 0 Å². The second-order valence-electron chi connectivity index (χ2n) is 4.66. The summed E-state index contributed by atoms with van der Waals surface area (Å²) in [4.78, 5) is 22.6. The molecule has 0 aliphatic rings. The van der Waals surface area contributed by atoms with E-state index in [0.717, 1.165) is 5.56 Å². The number of carboxylic acids is 1. The quantitative estimate of drug-likeness (QED) is 0.694. The molecular formula is C14H20N2O3. The maximum Gasteiger partial charge on any atom is 0.305 e. The molecule has 0 heterocycles. The average molecular weight is 264 g/mol. The lowest BCUT2D eigenvalue weighted by molar-refractivity contribution is -0.137. The Morgan fingerprint density at radius 1 is 1.21 bits per heavy atom. The number of benzene rings is 1. The molecule has 5 nitrogen and oxygen atoms in total. The highest BCUT2D eigenvalue weighted by atomic mass is 16.4. The van der Waals surface area contributed by atoms with Gasteiger partial charge in [-0.15, -0.1) is 0 Å². The lowest BCUT2D eigenvalue weighted by atomic mass is 10.0. The molecule has 0 bridgehead atoms. The monoisotopic (exact) mass is 264 g/mol. The van der Waals surface area contributed by atoms with Crippen molar-refractivity contribution in [3.05, 3.63) is 35.9 Å². The lowest BCUT2D eigenvalue weighted by Gasteiger charge is -2.18. The standard InChI is InChI=1S/C14H20N2O3/c1-10(2)15-9-13(17)16-12(8-14(18)19)11-6-4-3-5-7-11/h3-7,10,12,15H,8-9H2,1-2H3,(H,16,17)(H,18,19). The van der Waals surface area contributed by atoms with Crippen LogP contribution in [0.15, 0.2) is 30.3 Å². The van der Waals surface area contributed by atoms with Gasteiger partial charge in [-0.1, -0.05) is 44.2 Å². The molecule has 1 amide bonds. The fourth-order valence-corrected chi connectivity index (χ4v) is 1.65. The molecule has 1 unspecified atom stereocenters. The first-order chi connectivity index (χ1) is 8.99. The molecule has 1 atom stereocenters. The number of rotatable bonds is 7. The Kier molecular flexibility index (Phi) is 6.02. The van der Waals surface area contributed by atoms with Crippen molar-refractivity contribution in [2.45, 2.75) is 32.4 Å². The summed E-state index contributed by atoms with van der Waals surface area (Å²) in [5.41, 5.74) is 0.794. The van der Waals surface area contributed by atoms with Crippen molar-refractivity contribution >= 4 is 11.9 Å². The van der Waals surface area contributed by atoms with Gasteiger partial charge in [0.15, 0.2) is 0 Å². The molecule has 1 rings (SSSR count). The van der Waals surface area contributed by atoms with Crippen LogP contribution < -0.4 is 10.6 Å². The molecular weight excluding hydrogens is 244 g/mol. The Balaban J connectivity index is 2.65. The summed E-state index contributed by atoms with van der Waals surface area (Å²) >= 11 is 0. The summed E-state index contributed by atoms with van der Waals surface area (Å²) in [7, 11) is 0. The highest BCUT2D eigenvalue weighted by molar-refractivity contribution is 5.79. The molecule has 5 heteroatoms.